The van der Waals surface area contributed by atoms with Gasteiger partial charge in [0.25, 0.3) is 0 Å². The van der Waals surface area contributed by atoms with Crippen LogP contribution in [0.1, 0.15) is 18.4 Å². The first kappa shape index (κ1) is 11.0. The van der Waals surface area contributed by atoms with E-state index in [9.17, 15) is 0 Å². The van der Waals surface area contributed by atoms with Gasteiger partial charge in [-0.15, -0.1) is 0 Å². The molecule has 0 amide bonds. The van der Waals surface area contributed by atoms with Crippen molar-refractivity contribution in [1.82, 2.24) is 10.6 Å². The molecule has 2 N–H and O–H groups in total. The monoisotopic (exact) mass is 217 g/mol. The van der Waals surface area contributed by atoms with Crippen molar-refractivity contribution in [3.8, 4) is 0 Å². The lowest BCUT2D eigenvalue weighted by Gasteiger charge is -2.15. The van der Waals surface area contributed by atoms with Gasteiger partial charge in [-0.1, -0.05) is 30.3 Å². The van der Waals surface area contributed by atoms with Gasteiger partial charge < -0.3 is 10.6 Å². The van der Waals surface area contributed by atoms with Crippen molar-refractivity contribution in [2.75, 3.05) is 19.6 Å². The van der Waals surface area contributed by atoms with Gasteiger partial charge in [0.15, 0.2) is 5.96 Å². The Morgan fingerprint density at radius 3 is 2.88 bits per heavy atom. The molecule has 0 fully saturated rings. The van der Waals surface area contributed by atoms with Gasteiger partial charge in [-0.05, 0) is 24.8 Å². The van der Waals surface area contributed by atoms with Gasteiger partial charge in [0.1, 0.15) is 0 Å². The maximum absolute atomic E-state index is 4.37. The number of rotatable bonds is 4. The normalized spacial score (nSPS) is 15.1. The SMILES string of the molecule is c1ccc(CCCNC2=NCCCN2)cc1. The van der Waals surface area contributed by atoms with Crippen LogP contribution in [0.25, 0.3) is 0 Å². The van der Waals surface area contributed by atoms with E-state index in [-0.39, 0.29) is 0 Å². The quantitative estimate of drug-likeness (QED) is 0.751. The maximum atomic E-state index is 4.37. The molecule has 1 aromatic rings. The maximum Gasteiger partial charge on any atom is 0.191 e. The van der Waals surface area contributed by atoms with Gasteiger partial charge in [0.05, 0.1) is 0 Å². The minimum absolute atomic E-state index is 0.952. The number of nitrogens with zero attached hydrogens (tertiary/aromatic N) is 1. The summed E-state index contributed by atoms with van der Waals surface area (Å²) in [5, 5.41) is 6.59. The Morgan fingerprint density at radius 2 is 2.12 bits per heavy atom. The van der Waals surface area contributed by atoms with Crippen molar-refractivity contribution in [2.45, 2.75) is 19.3 Å². The molecule has 0 saturated heterocycles. The number of nitrogens with one attached hydrogen (secondary N) is 2. The van der Waals surface area contributed by atoms with Gasteiger partial charge in [-0.3, -0.25) is 4.99 Å². The molecular formula is C13H19N3. The molecule has 1 aliphatic heterocycles. The van der Waals surface area contributed by atoms with Gasteiger partial charge in [0, 0.05) is 19.6 Å². The zero-order valence-corrected chi connectivity index (χ0v) is 9.58. The Hall–Kier alpha value is -1.51. The van der Waals surface area contributed by atoms with Crippen LogP contribution in [-0.2, 0) is 6.42 Å². The Labute approximate surface area is 97.0 Å². The van der Waals surface area contributed by atoms with E-state index in [4.69, 9.17) is 0 Å². The minimum Gasteiger partial charge on any atom is -0.356 e. The molecule has 1 heterocycles. The lowest BCUT2D eigenvalue weighted by atomic mass is 10.1. The summed E-state index contributed by atoms with van der Waals surface area (Å²) >= 11 is 0. The van der Waals surface area contributed by atoms with E-state index >= 15 is 0 Å². The van der Waals surface area contributed by atoms with E-state index in [1.54, 1.807) is 0 Å². The summed E-state index contributed by atoms with van der Waals surface area (Å²) in [6.07, 6.45) is 3.42. The first-order valence-corrected chi connectivity index (χ1v) is 6.01. The Balaban J connectivity index is 1.63. The number of aliphatic imine (C=N–C) groups is 1. The summed E-state index contributed by atoms with van der Waals surface area (Å²) in [6.45, 7) is 2.99. The molecule has 16 heavy (non-hydrogen) atoms. The molecule has 86 valence electrons. The Kier molecular flexibility index (Phi) is 4.23. The van der Waals surface area contributed by atoms with Crippen molar-refractivity contribution in [2.24, 2.45) is 4.99 Å². The highest BCUT2D eigenvalue weighted by molar-refractivity contribution is 5.80. The molecule has 0 atom stereocenters. The van der Waals surface area contributed by atoms with Gasteiger partial charge in [-0.2, -0.15) is 0 Å². The Bertz CT molecular complexity index is 332. The zero-order chi connectivity index (χ0) is 11.1. The molecule has 0 unspecified atom stereocenters. The second kappa shape index (κ2) is 6.16. The fraction of sp³-hybridized carbons (Fsp3) is 0.462. The second-order valence-electron chi connectivity index (χ2n) is 4.03. The standard InChI is InChI=1S/C13H19N3/c1-2-6-12(7-3-1)8-4-9-14-13-15-10-5-11-16-13/h1-3,6-7H,4-5,8-11H2,(H2,14,15,16). The number of benzene rings is 1. The van der Waals surface area contributed by atoms with Crippen LogP contribution in [-0.4, -0.2) is 25.6 Å². The lowest BCUT2D eigenvalue weighted by molar-refractivity contribution is 0.686. The van der Waals surface area contributed by atoms with Crippen molar-refractivity contribution in [3.63, 3.8) is 0 Å². The molecular weight excluding hydrogens is 198 g/mol. The van der Waals surface area contributed by atoms with Gasteiger partial charge >= 0.3 is 0 Å². The minimum atomic E-state index is 0.952. The van der Waals surface area contributed by atoms with Crippen molar-refractivity contribution in [1.29, 1.82) is 0 Å². The van der Waals surface area contributed by atoms with Crippen LogP contribution < -0.4 is 10.6 Å². The third kappa shape index (κ3) is 3.57. The molecule has 0 radical (unpaired) electrons. The molecule has 3 nitrogen and oxygen atoms in total. The molecule has 0 aromatic heterocycles. The molecule has 0 bridgehead atoms. The summed E-state index contributed by atoms with van der Waals surface area (Å²) < 4.78 is 0. The largest absolute Gasteiger partial charge is 0.356 e. The fourth-order valence-corrected chi connectivity index (χ4v) is 1.79. The summed E-state index contributed by atoms with van der Waals surface area (Å²) in [5.74, 6) is 0.972. The third-order valence-corrected chi connectivity index (χ3v) is 2.67. The average molecular weight is 217 g/mol. The van der Waals surface area contributed by atoms with E-state index in [0.29, 0.717) is 0 Å². The molecule has 1 aliphatic rings. The highest BCUT2D eigenvalue weighted by Crippen LogP contribution is 2.01. The van der Waals surface area contributed by atoms with Crippen molar-refractivity contribution < 1.29 is 0 Å². The number of hydrogen-bond acceptors (Lipinski definition) is 3. The second-order valence-corrected chi connectivity index (χ2v) is 4.03. The topological polar surface area (TPSA) is 36.4 Å². The summed E-state index contributed by atoms with van der Waals surface area (Å²) in [5.41, 5.74) is 1.41. The van der Waals surface area contributed by atoms with E-state index in [1.165, 1.54) is 5.56 Å². The third-order valence-electron chi connectivity index (χ3n) is 2.67. The van der Waals surface area contributed by atoms with E-state index in [1.807, 2.05) is 0 Å². The number of aryl methyl sites for hydroxylation is 1. The van der Waals surface area contributed by atoms with Crippen LogP contribution >= 0.6 is 0 Å². The predicted molar refractivity (Wildman–Crippen MR) is 67.7 cm³/mol. The highest BCUT2D eigenvalue weighted by atomic mass is 15.2. The average Bonchev–Trinajstić information content (AvgIpc) is 2.37. The lowest BCUT2D eigenvalue weighted by Crippen LogP contribution is -2.41. The summed E-state index contributed by atoms with van der Waals surface area (Å²) in [7, 11) is 0. The predicted octanol–water partition coefficient (Wildman–Crippen LogP) is 1.56. The summed E-state index contributed by atoms with van der Waals surface area (Å²) in [4.78, 5) is 4.37. The molecule has 3 heteroatoms. The smallest absolute Gasteiger partial charge is 0.191 e. The van der Waals surface area contributed by atoms with Crippen molar-refractivity contribution >= 4 is 5.96 Å². The van der Waals surface area contributed by atoms with E-state index < -0.39 is 0 Å². The van der Waals surface area contributed by atoms with Gasteiger partial charge in [0.2, 0.25) is 0 Å². The molecule has 0 spiro atoms. The van der Waals surface area contributed by atoms with Gasteiger partial charge in [-0.25, -0.2) is 0 Å². The van der Waals surface area contributed by atoms with Crippen LogP contribution in [0.3, 0.4) is 0 Å². The zero-order valence-electron chi connectivity index (χ0n) is 9.58. The molecule has 0 aliphatic carbocycles. The molecule has 0 saturated carbocycles. The van der Waals surface area contributed by atoms with Crippen LogP contribution in [0.5, 0.6) is 0 Å². The van der Waals surface area contributed by atoms with E-state index in [0.717, 1.165) is 44.9 Å². The first-order chi connectivity index (χ1) is 7.95. The van der Waals surface area contributed by atoms with Crippen molar-refractivity contribution in [3.05, 3.63) is 35.9 Å². The van der Waals surface area contributed by atoms with Crippen LogP contribution in [0.2, 0.25) is 0 Å². The highest BCUT2D eigenvalue weighted by Gasteiger charge is 2.01. The number of hydrogen-bond donors (Lipinski definition) is 2. The van der Waals surface area contributed by atoms with Crippen LogP contribution in [0.15, 0.2) is 35.3 Å². The Morgan fingerprint density at radius 1 is 1.25 bits per heavy atom. The molecule has 1 aromatic carbocycles. The molecule has 2 rings (SSSR count). The van der Waals surface area contributed by atoms with Crippen LogP contribution in [0.4, 0.5) is 0 Å². The first-order valence-electron chi connectivity index (χ1n) is 6.01. The van der Waals surface area contributed by atoms with Crippen LogP contribution in [0, 0.1) is 0 Å². The van der Waals surface area contributed by atoms with E-state index in [2.05, 4.69) is 46.0 Å². The number of guanidine groups is 1. The fourth-order valence-electron chi connectivity index (χ4n) is 1.79. The summed E-state index contributed by atoms with van der Waals surface area (Å²) in [6, 6.07) is 10.6.